The number of benzene rings is 1. The zero-order valence-electron chi connectivity index (χ0n) is 22.4. The van der Waals surface area contributed by atoms with Gasteiger partial charge in [-0.25, -0.2) is 5.84 Å². The number of amides is 1. The van der Waals surface area contributed by atoms with Crippen LogP contribution in [0.5, 0.6) is 0 Å². The number of carbonyl (C=O) groups excluding carboxylic acids is 1. The molecule has 9 nitrogen and oxygen atoms in total. The molecule has 1 fully saturated rings. The third kappa shape index (κ3) is 6.45. The van der Waals surface area contributed by atoms with Gasteiger partial charge in [-0.15, -0.1) is 0 Å². The van der Waals surface area contributed by atoms with Crippen LogP contribution in [-0.4, -0.2) is 58.0 Å². The van der Waals surface area contributed by atoms with E-state index in [2.05, 4.69) is 20.3 Å². The van der Waals surface area contributed by atoms with Crippen molar-refractivity contribution in [2.45, 2.75) is 38.8 Å². The number of anilines is 2. The minimum Gasteiger partial charge on any atom is -0.322 e. The van der Waals surface area contributed by atoms with Gasteiger partial charge < -0.3 is 20.6 Å². The number of alkyl halides is 3. The largest absolute Gasteiger partial charge is 0.416 e. The summed E-state index contributed by atoms with van der Waals surface area (Å²) in [4.78, 5) is 19.5. The van der Waals surface area contributed by atoms with Crippen LogP contribution in [-0.2, 0) is 13.2 Å². The third-order valence-corrected chi connectivity index (χ3v) is 7.25. The minimum absolute atomic E-state index is 0.0173. The lowest BCUT2D eigenvalue weighted by Crippen LogP contribution is -2.37. The number of carbonyl (C=O) groups is 1. The Morgan fingerprint density at radius 3 is 2.46 bits per heavy atom. The molecule has 1 aromatic carbocycles. The van der Waals surface area contributed by atoms with Crippen molar-refractivity contribution in [3.63, 3.8) is 0 Å². The first-order chi connectivity index (χ1) is 18.3. The molecule has 39 heavy (non-hydrogen) atoms. The molecule has 2 aromatic heterocycles. The molecular weight excluding hydrogens is 509 g/mol. The first-order valence-corrected chi connectivity index (χ1v) is 12.6. The Morgan fingerprint density at radius 2 is 1.85 bits per heavy atom. The normalized spacial score (nSPS) is 14.9. The maximum Gasteiger partial charge on any atom is 0.416 e. The van der Waals surface area contributed by atoms with Crippen LogP contribution < -0.4 is 16.2 Å². The van der Waals surface area contributed by atoms with Gasteiger partial charge in [0.1, 0.15) is 0 Å². The number of aromatic nitrogens is 3. The highest BCUT2D eigenvalue weighted by molar-refractivity contribution is 6.05. The Morgan fingerprint density at radius 1 is 1.15 bits per heavy atom. The average Bonchev–Trinajstić information content (AvgIpc) is 3.21. The summed E-state index contributed by atoms with van der Waals surface area (Å²) in [5.41, 5.74) is 2.64. The van der Waals surface area contributed by atoms with E-state index in [1.165, 1.54) is 23.3 Å². The molecule has 0 spiro atoms. The number of nitrogens with two attached hydrogens (primary N) is 1. The predicted octanol–water partition coefficient (Wildman–Crippen LogP) is 4.26. The van der Waals surface area contributed by atoms with E-state index in [-0.39, 0.29) is 29.4 Å². The monoisotopic (exact) mass is 542 g/mol. The van der Waals surface area contributed by atoms with Crippen LogP contribution in [0, 0.1) is 19.3 Å². The van der Waals surface area contributed by atoms with Gasteiger partial charge in [0.2, 0.25) is 0 Å². The van der Waals surface area contributed by atoms with Gasteiger partial charge in [0.05, 0.1) is 41.0 Å². The Labute approximate surface area is 225 Å². The second-order valence-electron chi connectivity index (χ2n) is 10.1. The van der Waals surface area contributed by atoms with Gasteiger partial charge in [0.25, 0.3) is 5.91 Å². The number of likely N-dealkylation sites (tertiary alicyclic amines) is 1. The maximum absolute atomic E-state index is 13.7. The highest BCUT2D eigenvalue weighted by Crippen LogP contribution is 2.36. The predicted molar refractivity (Wildman–Crippen MR) is 144 cm³/mol. The van der Waals surface area contributed by atoms with Gasteiger partial charge in [-0.2, -0.15) is 18.3 Å². The quantitative estimate of drug-likeness (QED) is 0.233. The van der Waals surface area contributed by atoms with Gasteiger partial charge in [0, 0.05) is 30.2 Å². The Bertz CT molecular complexity index is 1380. The van der Waals surface area contributed by atoms with E-state index in [9.17, 15) is 18.0 Å². The number of aryl methyl sites for hydroxylation is 2. The molecule has 0 bridgehead atoms. The van der Waals surface area contributed by atoms with Crippen molar-refractivity contribution in [1.82, 2.24) is 19.7 Å². The van der Waals surface area contributed by atoms with Crippen molar-refractivity contribution in [1.29, 1.82) is 5.41 Å². The number of piperidine rings is 1. The summed E-state index contributed by atoms with van der Waals surface area (Å²) in [7, 11) is 3.77. The molecule has 0 radical (unpaired) electrons. The summed E-state index contributed by atoms with van der Waals surface area (Å²) in [6.45, 7) is 5.20. The van der Waals surface area contributed by atoms with E-state index in [1.54, 1.807) is 30.9 Å². The van der Waals surface area contributed by atoms with E-state index < -0.39 is 17.6 Å². The Kier molecular flexibility index (Phi) is 8.07. The SMILES string of the molecule is Cc1ncc(C(=O)Nc2cc(C3CCN(C)CC3)cc(C(F)(F)F)c2)cc1N(N)CC(=N)c1cnn(C)c1C. The molecule has 0 unspecified atom stereocenters. The zero-order chi connectivity index (χ0) is 28.5. The lowest BCUT2D eigenvalue weighted by Gasteiger charge is -2.29. The maximum atomic E-state index is 13.7. The number of nitrogens with one attached hydrogen (secondary N) is 2. The first kappa shape index (κ1) is 28.2. The van der Waals surface area contributed by atoms with Crippen LogP contribution in [0.3, 0.4) is 0 Å². The van der Waals surface area contributed by atoms with E-state index in [1.807, 2.05) is 14.0 Å². The van der Waals surface area contributed by atoms with Crippen LogP contribution in [0.15, 0.2) is 36.7 Å². The Balaban J connectivity index is 1.55. The molecular formula is C27H33F3N8O. The molecule has 208 valence electrons. The van der Waals surface area contributed by atoms with Crippen molar-refractivity contribution in [3.8, 4) is 0 Å². The molecule has 1 saturated heterocycles. The fourth-order valence-electron chi connectivity index (χ4n) is 4.74. The van der Waals surface area contributed by atoms with Crippen molar-refractivity contribution < 1.29 is 18.0 Å². The Hall–Kier alpha value is -3.77. The van der Waals surface area contributed by atoms with Gasteiger partial charge in [-0.3, -0.25) is 14.5 Å². The van der Waals surface area contributed by atoms with Crippen molar-refractivity contribution in [2.24, 2.45) is 12.9 Å². The highest BCUT2D eigenvalue weighted by atomic mass is 19.4. The van der Waals surface area contributed by atoms with E-state index in [0.717, 1.165) is 37.7 Å². The summed E-state index contributed by atoms with van der Waals surface area (Å²) >= 11 is 0. The van der Waals surface area contributed by atoms with Crippen molar-refractivity contribution in [2.75, 3.05) is 37.0 Å². The number of hydrogen-bond acceptors (Lipinski definition) is 7. The lowest BCUT2D eigenvalue weighted by molar-refractivity contribution is -0.137. The molecule has 1 aliphatic rings. The van der Waals surface area contributed by atoms with Crippen LogP contribution in [0.1, 0.15) is 57.2 Å². The number of nitrogens with zero attached hydrogens (tertiary/aromatic N) is 5. The zero-order valence-corrected chi connectivity index (χ0v) is 22.4. The number of halogens is 3. The molecule has 0 saturated carbocycles. The second-order valence-corrected chi connectivity index (χ2v) is 10.1. The smallest absolute Gasteiger partial charge is 0.322 e. The fourth-order valence-corrected chi connectivity index (χ4v) is 4.74. The summed E-state index contributed by atoms with van der Waals surface area (Å²) in [6, 6.07) is 5.28. The average molecular weight is 543 g/mol. The van der Waals surface area contributed by atoms with Crippen molar-refractivity contribution >= 4 is 23.0 Å². The van der Waals surface area contributed by atoms with Crippen LogP contribution in [0.25, 0.3) is 0 Å². The topological polar surface area (TPSA) is 116 Å². The molecule has 0 aliphatic carbocycles. The first-order valence-electron chi connectivity index (χ1n) is 12.6. The standard InChI is InChI=1S/C27H33F3N8O/c1-16-25(38(32)15-24(31)23-14-34-37(4)17(23)2)11-20(13-33-16)26(39)35-22-10-19(9-21(12-22)27(28,29)30)18-5-7-36(3)8-6-18/h9-14,18,31H,5-8,15,32H2,1-4H3,(H,35,39). The molecule has 0 atom stereocenters. The number of hydrazine groups is 1. The third-order valence-electron chi connectivity index (χ3n) is 7.25. The molecule has 4 rings (SSSR count). The fraction of sp³-hybridized carbons (Fsp3) is 0.407. The summed E-state index contributed by atoms with van der Waals surface area (Å²) in [6.07, 6.45) is -0.108. The van der Waals surface area contributed by atoms with E-state index in [0.29, 0.717) is 22.5 Å². The number of hydrogen-bond donors (Lipinski definition) is 3. The van der Waals surface area contributed by atoms with Crippen LogP contribution >= 0.6 is 0 Å². The van der Waals surface area contributed by atoms with Gasteiger partial charge in [-0.1, -0.05) is 0 Å². The molecule has 3 aromatic rings. The van der Waals surface area contributed by atoms with Gasteiger partial charge in [-0.05, 0) is 82.6 Å². The summed E-state index contributed by atoms with van der Waals surface area (Å²) in [5, 5.41) is 16.5. The second kappa shape index (κ2) is 11.1. The summed E-state index contributed by atoms with van der Waals surface area (Å²) in [5.74, 6) is 5.63. The molecule has 4 N–H and O–H groups in total. The number of rotatable bonds is 7. The molecule has 3 heterocycles. The highest BCUT2D eigenvalue weighted by Gasteiger charge is 2.32. The lowest BCUT2D eigenvalue weighted by atomic mass is 9.88. The van der Waals surface area contributed by atoms with E-state index in [4.69, 9.17) is 11.3 Å². The van der Waals surface area contributed by atoms with Gasteiger partial charge >= 0.3 is 6.18 Å². The molecule has 1 amide bonds. The number of pyridine rings is 1. The van der Waals surface area contributed by atoms with Crippen LogP contribution in [0.2, 0.25) is 0 Å². The molecule has 12 heteroatoms. The van der Waals surface area contributed by atoms with Crippen LogP contribution in [0.4, 0.5) is 24.5 Å². The molecule has 1 aliphatic heterocycles. The minimum atomic E-state index is -4.54. The van der Waals surface area contributed by atoms with Crippen molar-refractivity contribution in [3.05, 3.63) is 70.3 Å². The van der Waals surface area contributed by atoms with Gasteiger partial charge in [0.15, 0.2) is 0 Å². The van der Waals surface area contributed by atoms with E-state index >= 15 is 0 Å². The summed E-state index contributed by atoms with van der Waals surface area (Å²) < 4.78 is 42.8.